The molecule has 1 aliphatic rings. The van der Waals surface area contributed by atoms with Crippen molar-refractivity contribution in [2.45, 2.75) is 32.4 Å². The Morgan fingerprint density at radius 2 is 1.72 bits per heavy atom. The van der Waals surface area contributed by atoms with Crippen molar-refractivity contribution < 1.29 is 24.2 Å². The summed E-state index contributed by atoms with van der Waals surface area (Å²) in [6.07, 6.45) is -0.0121. The summed E-state index contributed by atoms with van der Waals surface area (Å²) in [5.74, 6) is -2.46. The van der Waals surface area contributed by atoms with Crippen molar-refractivity contribution in [1.82, 2.24) is 4.90 Å². The second-order valence-corrected chi connectivity index (χ2v) is 7.29. The van der Waals surface area contributed by atoms with Gasteiger partial charge in [0.25, 0.3) is 0 Å². The molecule has 29 heavy (non-hydrogen) atoms. The molecule has 2 amide bonds. The summed E-state index contributed by atoms with van der Waals surface area (Å²) in [6.45, 7) is 3.80. The lowest BCUT2D eigenvalue weighted by molar-refractivity contribution is -0.146. The predicted octanol–water partition coefficient (Wildman–Crippen LogP) is 3.52. The number of nitrogens with one attached hydrogen (secondary N) is 1. The standard InChI is InChI=1S/C22H24N2O5/c1-13-6-4-8-15(10-13)19-17(21(27)29-3)12-18(20(25)26)24(19)22(28)23-16-9-5-7-14(2)11-16/h4-11,17-19H,12H2,1-3H3,(H,23,28)(H,25,26). The highest BCUT2D eigenvalue weighted by atomic mass is 16.5. The number of aliphatic carboxylic acids is 1. The van der Waals surface area contributed by atoms with Gasteiger partial charge in [0.15, 0.2) is 0 Å². The fraction of sp³-hybridized carbons (Fsp3) is 0.318. The molecule has 7 heteroatoms. The first-order chi connectivity index (χ1) is 13.8. The van der Waals surface area contributed by atoms with Crippen LogP contribution in [-0.2, 0) is 14.3 Å². The Bertz CT molecular complexity index is 942. The molecule has 1 aliphatic heterocycles. The normalized spacial score (nSPS) is 20.9. The van der Waals surface area contributed by atoms with Crippen LogP contribution in [0.3, 0.4) is 0 Å². The second-order valence-electron chi connectivity index (χ2n) is 7.29. The summed E-state index contributed by atoms with van der Waals surface area (Å²) in [7, 11) is 1.26. The van der Waals surface area contributed by atoms with Crippen LogP contribution < -0.4 is 5.32 Å². The number of hydrogen-bond donors (Lipinski definition) is 2. The van der Waals surface area contributed by atoms with Crippen LogP contribution in [0.4, 0.5) is 10.5 Å². The van der Waals surface area contributed by atoms with Gasteiger partial charge in [0.2, 0.25) is 0 Å². The summed E-state index contributed by atoms with van der Waals surface area (Å²) in [4.78, 5) is 38.8. The number of esters is 1. The number of aryl methyl sites for hydroxylation is 2. The van der Waals surface area contributed by atoms with E-state index < -0.39 is 36.0 Å². The number of benzene rings is 2. The first-order valence-electron chi connectivity index (χ1n) is 9.35. The van der Waals surface area contributed by atoms with E-state index in [4.69, 9.17) is 4.74 Å². The third-order valence-electron chi connectivity index (χ3n) is 5.17. The Labute approximate surface area is 169 Å². The van der Waals surface area contributed by atoms with Crippen molar-refractivity contribution in [2.75, 3.05) is 12.4 Å². The first-order valence-corrected chi connectivity index (χ1v) is 9.35. The van der Waals surface area contributed by atoms with E-state index in [9.17, 15) is 19.5 Å². The molecule has 152 valence electrons. The highest BCUT2D eigenvalue weighted by Crippen LogP contribution is 2.42. The van der Waals surface area contributed by atoms with Gasteiger partial charge in [-0.3, -0.25) is 4.79 Å². The van der Waals surface area contributed by atoms with Crippen molar-refractivity contribution in [1.29, 1.82) is 0 Å². The average Bonchev–Trinajstić information content (AvgIpc) is 3.08. The van der Waals surface area contributed by atoms with Crippen LogP contribution in [0.1, 0.15) is 29.2 Å². The molecule has 0 aliphatic carbocycles. The van der Waals surface area contributed by atoms with Crippen molar-refractivity contribution in [2.24, 2.45) is 5.92 Å². The number of carbonyl (C=O) groups excluding carboxylic acids is 2. The molecule has 3 unspecified atom stereocenters. The molecule has 1 heterocycles. The van der Waals surface area contributed by atoms with E-state index in [2.05, 4.69) is 5.32 Å². The van der Waals surface area contributed by atoms with Crippen LogP contribution in [0.15, 0.2) is 48.5 Å². The molecule has 0 bridgehead atoms. The second kappa shape index (κ2) is 8.34. The number of rotatable bonds is 4. The van der Waals surface area contributed by atoms with Gasteiger partial charge < -0.3 is 20.1 Å². The largest absolute Gasteiger partial charge is 0.480 e. The molecule has 0 saturated carbocycles. The molecule has 0 spiro atoms. The number of hydrogen-bond acceptors (Lipinski definition) is 4. The zero-order chi connectivity index (χ0) is 21.1. The summed E-state index contributed by atoms with van der Waals surface area (Å²) < 4.78 is 4.92. The van der Waals surface area contributed by atoms with Crippen molar-refractivity contribution in [3.05, 3.63) is 65.2 Å². The lowest BCUT2D eigenvalue weighted by Crippen LogP contribution is -2.44. The number of carbonyl (C=O) groups is 3. The molecule has 3 rings (SSSR count). The van der Waals surface area contributed by atoms with Gasteiger partial charge in [0.1, 0.15) is 6.04 Å². The Kier molecular flexibility index (Phi) is 5.87. The number of carboxylic acids is 1. The molecule has 0 aromatic heterocycles. The maximum atomic E-state index is 13.2. The summed E-state index contributed by atoms with van der Waals surface area (Å²) in [5, 5.41) is 12.5. The molecule has 1 saturated heterocycles. The maximum absolute atomic E-state index is 13.2. The molecule has 3 atom stereocenters. The highest BCUT2D eigenvalue weighted by molar-refractivity contribution is 5.94. The van der Waals surface area contributed by atoms with E-state index in [-0.39, 0.29) is 6.42 Å². The van der Waals surface area contributed by atoms with Gasteiger partial charge in [0.05, 0.1) is 19.1 Å². The maximum Gasteiger partial charge on any atom is 0.326 e. The Hall–Kier alpha value is -3.35. The minimum absolute atomic E-state index is 0.0121. The smallest absolute Gasteiger partial charge is 0.326 e. The van der Waals surface area contributed by atoms with Crippen LogP contribution in [0.5, 0.6) is 0 Å². The van der Waals surface area contributed by atoms with Crippen LogP contribution in [0, 0.1) is 19.8 Å². The zero-order valence-electron chi connectivity index (χ0n) is 16.6. The minimum Gasteiger partial charge on any atom is -0.480 e. The molecule has 2 aromatic rings. The summed E-state index contributed by atoms with van der Waals surface area (Å²) in [6, 6.07) is 12.2. The van der Waals surface area contributed by atoms with E-state index in [1.54, 1.807) is 24.3 Å². The topological polar surface area (TPSA) is 95.9 Å². The van der Waals surface area contributed by atoms with Gasteiger partial charge >= 0.3 is 18.0 Å². The number of carboxylic acid groups (broad SMARTS) is 1. The predicted molar refractivity (Wildman–Crippen MR) is 108 cm³/mol. The SMILES string of the molecule is COC(=O)C1CC(C(=O)O)N(C(=O)Nc2cccc(C)c2)C1c1cccc(C)c1. The molecule has 0 radical (unpaired) electrons. The van der Waals surface area contributed by atoms with Gasteiger partial charge in [-0.1, -0.05) is 42.0 Å². The molecule has 1 fully saturated rings. The van der Waals surface area contributed by atoms with Gasteiger partial charge in [-0.05, 0) is 43.5 Å². The molecule has 2 N–H and O–H groups in total. The van der Waals surface area contributed by atoms with Crippen molar-refractivity contribution in [3.8, 4) is 0 Å². The Morgan fingerprint density at radius 3 is 2.31 bits per heavy atom. The van der Waals surface area contributed by atoms with Gasteiger partial charge in [-0.2, -0.15) is 0 Å². The molecule has 7 nitrogen and oxygen atoms in total. The van der Waals surface area contributed by atoms with Gasteiger partial charge in [0, 0.05) is 5.69 Å². The monoisotopic (exact) mass is 396 g/mol. The lowest BCUT2D eigenvalue weighted by atomic mass is 9.92. The van der Waals surface area contributed by atoms with E-state index in [1.807, 2.05) is 38.1 Å². The van der Waals surface area contributed by atoms with Gasteiger partial charge in [-0.25, -0.2) is 9.59 Å². The molecular weight excluding hydrogens is 372 g/mol. The fourth-order valence-electron chi connectivity index (χ4n) is 3.89. The summed E-state index contributed by atoms with van der Waals surface area (Å²) in [5.41, 5.74) is 3.16. The third kappa shape index (κ3) is 4.23. The zero-order valence-corrected chi connectivity index (χ0v) is 16.6. The number of methoxy groups -OCH3 is 1. The first kappa shape index (κ1) is 20.4. The number of nitrogens with zero attached hydrogens (tertiary/aromatic N) is 1. The Morgan fingerprint density at radius 1 is 1.07 bits per heavy atom. The number of ether oxygens (including phenoxy) is 1. The van der Waals surface area contributed by atoms with Crippen LogP contribution in [0.2, 0.25) is 0 Å². The number of anilines is 1. The van der Waals surface area contributed by atoms with Crippen LogP contribution in [-0.4, -0.2) is 41.1 Å². The molecule has 2 aromatic carbocycles. The van der Waals surface area contributed by atoms with Crippen molar-refractivity contribution >= 4 is 23.7 Å². The molecular formula is C22H24N2O5. The fourth-order valence-corrected chi connectivity index (χ4v) is 3.89. The average molecular weight is 396 g/mol. The minimum atomic E-state index is -1.16. The number of likely N-dealkylation sites (tertiary alicyclic amines) is 1. The van der Waals surface area contributed by atoms with Crippen molar-refractivity contribution in [3.63, 3.8) is 0 Å². The number of amides is 2. The van der Waals surface area contributed by atoms with Crippen LogP contribution >= 0.6 is 0 Å². The third-order valence-corrected chi connectivity index (χ3v) is 5.17. The van der Waals surface area contributed by atoms with E-state index in [1.165, 1.54) is 12.0 Å². The van der Waals surface area contributed by atoms with Gasteiger partial charge in [-0.15, -0.1) is 0 Å². The summed E-state index contributed by atoms with van der Waals surface area (Å²) >= 11 is 0. The number of urea groups is 1. The quantitative estimate of drug-likeness (QED) is 0.771. The van der Waals surface area contributed by atoms with E-state index in [0.717, 1.165) is 11.1 Å². The van der Waals surface area contributed by atoms with E-state index >= 15 is 0 Å². The highest BCUT2D eigenvalue weighted by Gasteiger charge is 2.51. The Balaban J connectivity index is 2.03. The van der Waals surface area contributed by atoms with E-state index in [0.29, 0.717) is 11.3 Å². The lowest BCUT2D eigenvalue weighted by Gasteiger charge is -2.30. The van der Waals surface area contributed by atoms with Crippen LogP contribution in [0.25, 0.3) is 0 Å².